The summed E-state index contributed by atoms with van der Waals surface area (Å²) in [5.41, 5.74) is 4.53. The van der Waals surface area contributed by atoms with E-state index in [-0.39, 0.29) is 0 Å². The molecule has 1 aliphatic heterocycles. The van der Waals surface area contributed by atoms with Crippen LogP contribution in [0.25, 0.3) is 0 Å². The van der Waals surface area contributed by atoms with Gasteiger partial charge in [-0.15, -0.1) is 0 Å². The van der Waals surface area contributed by atoms with Crippen LogP contribution in [0.5, 0.6) is 0 Å². The van der Waals surface area contributed by atoms with Crippen molar-refractivity contribution >= 4 is 5.97 Å². The van der Waals surface area contributed by atoms with Crippen molar-refractivity contribution in [3.63, 3.8) is 0 Å². The molecule has 5 nitrogen and oxygen atoms in total. The molecular formula is C10H20N2O3. The number of aliphatic carboxylic acids is 1. The molecule has 2 atom stereocenters. The molecular weight excluding hydrogens is 196 g/mol. The Labute approximate surface area is 89.8 Å². The molecule has 88 valence electrons. The van der Waals surface area contributed by atoms with Crippen LogP contribution in [0.1, 0.15) is 34.1 Å². The van der Waals surface area contributed by atoms with Gasteiger partial charge >= 0.3 is 5.97 Å². The molecule has 1 aliphatic rings. The van der Waals surface area contributed by atoms with Gasteiger partial charge in [-0.1, -0.05) is 0 Å². The SMILES string of the molecule is CC1(C)C[C@H](N)[C@H](C(=O)O)C(C)(C)N1O. The zero-order valence-electron chi connectivity index (χ0n) is 9.69. The van der Waals surface area contributed by atoms with E-state index in [9.17, 15) is 10.0 Å². The van der Waals surface area contributed by atoms with E-state index in [0.717, 1.165) is 5.06 Å². The van der Waals surface area contributed by atoms with Gasteiger partial charge in [0.15, 0.2) is 0 Å². The Morgan fingerprint density at radius 1 is 1.40 bits per heavy atom. The summed E-state index contributed by atoms with van der Waals surface area (Å²) in [4.78, 5) is 11.1. The summed E-state index contributed by atoms with van der Waals surface area (Å²) in [5, 5.41) is 20.3. The Kier molecular flexibility index (Phi) is 2.84. The van der Waals surface area contributed by atoms with E-state index in [1.807, 2.05) is 13.8 Å². The van der Waals surface area contributed by atoms with E-state index in [4.69, 9.17) is 10.8 Å². The van der Waals surface area contributed by atoms with Crippen LogP contribution < -0.4 is 5.73 Å². The van der Waals surface area contributed by atoms with Gasteiger partial charge in [0.25, 0.3) is 0 Å². The van der Waals surface area contributed by atoms with Crippen molar-refractivity contribution < 1.29 is 15.1 Å². The van der Waals surface area contributed by atoms with Crippen LogP contribution in [0.4, 0.5) is 0 Å². The van der Waals surface area contributed by atoms with Gasteiger partial charge in [0.05, 0.1) is 11.5 Å². The van der Waals surface area contributed by atoms with E-state index in [1.165, 1.54) is 0 Å². The number of hydroxylamine groups is 2. The second-order valence-electron chi connectivity index (χ2n) is 5.46. The molecule has 0 spiro atoms. The third-order valence-electron chi connectivity index (χ3n) is 3.31. The molecule has 0 aliphatic carbocycles. The number of hydrogen-bond acceptors (Lipinski definition) is 4. The lowest BCUT2D eigenvalue weighted by molar-refractivity contribution is -0.262. The fraction of sp³-hybridized carbons (Fsp3) is 0.900. The molecule has 0 amide bonds. The second kappa shape index (κ2) is 3.43. The highest BCUT2D eigenvalue weighted by Crippen LogP contribution is 2.40. The van der Waals surface area contributed by atoms with Crippen LogP contribution in [-0.2, 0) is 4.79 Å². The topological polar surface area (TPSA) is 86.8 Å². The van der Waals surface area contributed by atoms with E-state index >= 15 is 0 Å². The highest BCUT2D eigenvalue weighted by atomic mass is 16.5. The number of piperidine rings is 1. The Hall–Kier alpha value is -0.650. The first-order valence-electron chi connectivity index (χ1n) is 5.08. The van der Waals surface area contributed by atoms with Gasteiger partial charge in [0, 0.05) is 11.6 Å². The number of hydrogen-bond donors (Lipinski definition) is 3. The highest BCUT2D eigenvalue weighted by Gasteiger charge is 2.53. The summed E-state index contributed by atoms with van der Waals surface area (Å²) in [6.45, 7) is 7.11. The van der Waals surface area contributed by atoms with Crippen molar-refractivity contribution in [3.05, 3.63) is 0 Å². The normalized spacial score (nSPS) is 35.1. The Bertz CT molecular complexity index is 276. The molecule has 1 rings (SSSR count). The van der Waals surface area contributed by atoms with E-state index in [0.29, 0.717) is 6.42 Å². The number of carboxylic acid groups (broad SMARTS) is 1. The summed E-state index contributed by atoms with van der Waals surface area (Å²) >= 11 is 0. The zero-order chi connectivity index (χ0) is 12.0. The van der Waals surface area contributed by atoms with Crippen LogP contribution in [0.15, 0.2) is 0 Å². The maximum atomic E-state index is 11.1. The van der Waals surface area contributed by atoms with Crippen molar-refractivity contribution in [2.45, 2.75) is 51.2 Å². The smallest absolute Gasteiger partial charge is 0.310 e. The van der Waals surface area contributed by atoms with Crippen molar-refractivity contribution in [3.8, 4) is 0 Å². The standard InChI is InChI=1S/C10H20N2O3/c1-9(2)5-6(11)7(8(13)14)10(3,4)12(9)15/h6-7,15H,5,11H2,1-4H3,(H,13,14)/t6-,7+/m0/s1. The van der Waals surface area contributed by atoms with Crippen molar-refractivity contribution in [2.24, 2.45) is 11.7 Å². The Morgan fingerprint density at radius 3 is 2.27 bits per heavy atom. The summed E-state index contributed by atoms with van der Waals surface area (Å²) in [5.74, 6) is -1.71. The molecule has 1 saturated heterocycles. The monoisotopic (exact) mass is 216 g/mol. The molecule has 4 N–H and O–H groups in total. The lowest BCUT2D eigenvalue weighted by Gasteiger charge is -2.53. The van der Waals surface area contributed by atoms with Crippen LogP contribution in [-0.4, -0.2) is 38.5 Å². The fourth-order valence-electron chi connectivity index (χ4n) is 2.70. The molecule has 15 heavy (non-hydrogen) atoms. The predicted octanol–water partition coefficient (Wildman–Crippen LogP) is 0.667. The largest absolute Gasteiger partial charge is 0.481 e. The number of carbonyl (C=O) groups is 1. The maximum absolute atomic E-state index is 11.1. The van der Waals surface area contributed by atoms with Gasteiger partial charge in [-0.3, -0.25) is 4.79 Å². The first-order valence-corrected chi connectivity index (χ1v) is 5.08. The lowest BCUT2D eigenvalue weighted by Crippen LogP contribution is -2.68. The van der Waals surface area contributed by atoms with Crippen molar-refractivity contribution in [1.82, 2.24) is 5.06 Å². The van der Waals surface area contributed by atoms with Gasteiger partial charge in [0.1, 0.15) is 0 Å². The third kappa shape index (κ3) is 1.87. The minimum atomic E-state index is -0.956. The van der Waals surface area contributed by atoms with Gasteiger partial charge in [0.2, 0.25) is 0 Å². The molecule has 0 bridgehead atoms. The summed E-state index contributed by atoms with van der Waals surface area (Å²) in [6.07, 6.45) is 0.462. The summed E-state index contributed by atoms with van der Waals surface area (Å²) in [7, 11) is 0. The predicted molar refractivity (Wildman–Crippen MR) is 55.5 cm³/mol. The Morgan fingerprint density at radius 2 is 1.87 bits per heavy atom. The van der Waals surface area contributed by atoms with E-state index in [1.54, 1.807) is 13.8 Å². The molecule has 0 saturated carbocycles. The van der Waals surface area contributed by atoms with Crippen LogP contribution in [0.3, 0.4) is 0 Å². The first kappa shape index (κ1) is 12.4. The molecule has 1 heterocycles. The first-order chi connectivity index (χ1) is 6.60. The molecule has 0 aromatic carbocycles. The summed E-state index contributed by atoms with van der Waals surface area (Å²) in [6, 6.07) is -0.434. The minimum absolute atomic E-state index is 0.434. The average Bonchev–Trinajstić information content (AvgIpc) is 1.98. The third-order valence-corrected chi connectivity index (χ3v) is 3.31. The van der Waals surface area contributed by atoms with Crippen molar-refractivity contribution in [2.75, 3.05) is 0 Å². The molecule has 0 unspecified atom stereocenters. The van der Waals surface area contributed by atoms with Crippen molar-refractivity contribution in [1.29, 1.82) is 0 Å². The molecule has 5 heteroatoms. The average molecular weight is 216 g/mol. The quantitative estimate of drug-likeness (QED) is 0.599. The maximum Gasteiger partial charge on any atom is 0.310 e. The number of nitrogens with two attached hydrogens (primary N) is 1. The van der Waals surface area contributed by atoms with Crippen LogP contribution in [0.2, 0.25) is 0 Å². The molecule has 0 aromatic heterocycles. The van der Waals surface area contributed by atoms with Gasteiger partial charge in [-0.2, -0.15) is 5.06 Å². The van der Waals surface area contributed by atoms with Crippen LogP contribution in [0, 0.1) is 5.92 Å². The molecule has 1 fully saturated rings. The Balaban J connectivity index is 3.10. The van der Waals surface area contributed by atoms with Gasteiger partial charge in [-0.25, -0.2) is 0 Å². The van der Waals surface area contributed by atoms with Gasteiger partial charge in [-0.05, 0) is 34.1 Å². The number of rotatable bonds is 1. The van der Waals surface area contributed by atoms with E-state index in [2.05, 4.69) is 0 Å². The number of nitrogens with zero attached hydrogens (tertiary/aromatic N) is 1. The lowest BCUT2D eigenvalue weighted by atomic mass is 9.71. The zero-order valence-corrected chi connectivity index (χ0v) is 9.69. The van der Waals surface area contributed by atoms with Crippen LogP contribution >= 0.6 is 0 Å². The second-order valence-corrected chi connectivity index (χ2v) is 5.46. The fourth-order valence-corrected chi connectivity index (χ4v) is 2.70. The minimum Gasteiger partial charge on any atom is -0.481 e. The highest BCUT2D eigenvalue weighted by molar-refractivity contribution is 5.73. The van der Waals surface area contributed by atoms with Gasteiger partial charge < -0.3 is 16.0 Å². The van der Waals surface area contributed by atoms with E-state index < -0.39 is 29.0 Å². The summed E-state index contributed by atoms with van der Waals surface area (Å²) < 4.78 is 0. The number of carboxylic acids is 1. The molecule has 0 aromatic rings. The molecule has 0 radical (unpaired) electrons.